The Bertz CT molecular complexity index is 840. The summed E-state index contributed by atoms with van der Waals surface area (Å²) in [5.74, 6) is 0.0441. The Kier molecular flexibility index (Phi) is 4.80. The van der Waals surface area contributed by atoms with Gasteiger partial charge in [0.2, 0.25) is 0 Å². The molecule has 0 spiro atoms. The molecule has 2 aromatic rings. The summed E-state index contributed by atoms with van der Waals surface area (Å²) in [5, 5.41) is 0.869. The summed E-state index contributed by atoms with van der Waals surface area (Å²) in [7, 11) is 2.07. The topological polar surface area (TPSA) is 54.8 Å². The third-order valence-electron chi connectivity index (χ3n) is 4.60. The van der Waals surface area contributed by atoms with Crippen LogP contribution in [-0.2, 0) is 4.74 Å². The van der Waals surface area contributed by atoms with Gasteiger partial charge in [0, 0.05) is 42.8 Å². The summed E-state index contributed by atoms with van der Waals surface area (Å²) in [4.78, 5) is 29.4. The van der Waals surface area contributed by atoms with Crippen molar-refractivity contribution < 1.29 is 14.3 Å². The van der Waals surface area contributed by atoms with Gasteiger partial charge in [0.1, 0.15) is 5.60 Å². The van der Waals surface area contributed by atoms with E-state index in [1.54, 1.807) is 10.6 Å². The van der Waals surface area contributed by atoms with Crippen molar-refractivity contribution >= 4 is 22.9 Å². The molecule has 0 unspecified atom stereocenters. The van der Waals surface area contributed by atoms with Crippen LogP contribution in [0.5, 0.6) is 0 Å². The summed E-state index contributed by atoms with van der Waals surface area (Å²) < 4.78 is 7.06. The Hall–Kier alpha value is -2.34. The Morgan fingerprint density at radius 1 is 1.04 bits per heavy atom. The second-order valence-corrected chi connectivity index (χ2v) is 7.97. The summed E-state index contributed by atoms with van der Waals surface area (Å²) >= 11 is 0. The molecule has 1 aliphatic rings. The lowest BCUT2D eigenvalue weighted by Gasteiger charge is -2.32. The minimum atomic E-state index is -0.558. The van der Waals surface area contributed by atoms with Crippen molar-refractivity contribution in [3.05, 3.63) is 35.5 Å². The van der Waals surface area contributed by atoms with Crippen molar-refractivity contribution in [1.82, 2.24) is 14.4 Å². The average Bonchev–Trinajstić information content (AvgIpc) is 2.88. The molecule has 0 saturated carbocycles. The van der Waals surface area contributed by atoms with Crippen molar-refractivity contribution in [3.63, 3.8) is 0 Å². The van der Waals surface area contributed by atoms with Gasteiger partial charge in [-0.05, 0) is 59.0 Å². The minimum absolute atomic E-state index is 0.0441. The molecule has 1 saturated heterocycles. The highest BCUT2D eigenvalue weighted by molar-refractivity contribution is 6.00. The van der Waals surface area contributed by atoms with Crippen LogP contribution in [0.15, 0.2) is 24.3 Å². The van der Waals surface area contributed by atoms with Crippen LogP contribution in [-0.4, -0.2) is 65.2 Å². The van der Waals surface area contributed by atoms with Crippen LogP contribution in [0.3, 0.4) is 0 Å². The van der Waals surface area contributed by atoms with Gasteiger partial charge in [-0.2, -0.15) is 0 Å². The maximum absolute atomic E-state index is 12.8. The second kappa shape index (κ2) is 6.76. The molecule has 0 N–H and O–H groups in total. The summed E-state index contributed by atoms with van der Waals surface area (Å²) in [6.45, 7) is 10.7. The van der Waals surface area contributed by atoms with E-state index >= 15 is 0 Å². The van der Waals surface area contributed by atoms with Gasteiger partial charge in [0.05, 0.1) is 5.52 Å². The number of carbonyl (C=O) groups excluding carboxylic acids is 2. The highest BCUT2D eigenvalue weighted by Crippen LogP contribution is 2.23. The molecular formula is C20H27N3O3. The van der Waals surface area contributed by atoms with E-state index in [4.69, 9.17) is 4.74 Å². The summed E-state index contributed by atoms with van der Waals surface area (Å²) in [6.07, 6.45) is -0.400. The smallest absolute Gasteiger partial charge is 0.419 e. The van der Waals surface area contributed by atoms with Gasteiger partial charge in [-0.25, -0.2) is 9.36 Å². The molecule has 1 amide bonds. The number of fused-ring (bicyclic) bond motifs is 1. The van der Waals surface area contributed by atoms with Gasteiger partial charge in [0.15, 0.2) is 0 Å². The van der Waals surface area contributed by atoms with E-state index in [2.05, 4.69) is 11.9 Å². The average molecular weight is 357 g/mol. The zero-order chi connectivity index (χ0) is 19.1. The standard InChI is InChI=1S/C20H27N3O3/c1-14-12-16-13-15(18(24)22-10-8-21(5)9-11-22)6-7-17(16)23(14)19(25)26-20(2,3)4/h6-7,12-13H,8-11H2,1-5H3. The number of piperazine rings is 1. The SMILES string of the molecule is Cc1cc2cc(C(=O)N3CCN(C)CC3)ccc2n1C(=O)OC(C)(C)C. The number of rotatable bonds is 1. The molecule has 1 aliphatic heterocycles. The van der Waals surface area contributed by atoms with Crippen molar-refractivity contribution in [2.45, 2.75) is 33.3 Å². The fourth-order valence-electron chi connectivity index (χ4n) is 3.23. The highest BCUT2D eigenvalue weighted by atomic mass is 16.6. The van der Waals surface area contributed by atoms with Crippen LogP contribution in [0.4, 0.5) is 4.79 Å². The zero-order valence-corrected chi connectivity index (χ0v) is 16.2. The fourth-order valence-corrected chi connectivity index (χ4v) is 3.23. The first-order valence-corrected chi connectivity index (χ1v) is 8.99. The van der Waals surface area contributed by atoms with Crippen LogP contribution < -0.4 is 0 Å². The van der Waals surface area contributed by atoms with Crippen LogP contribution in [0.1, 0.15) is 36.8 Å². The first-order chi connectivity index (χ1) is 12.2. The normalized spacial score (nSPS) is 16.1. The molecule has 140 valence electrons. The lowest BCUT2D eigenvalue weighted by molar-refractivity contribution is 0.0541. The predicted molar refractivity (Wildman–Crippen MR) is 102 cm³/mol. The molecular weight excluding hydrogens is 330 g/mol. The van der Waals surface area contributed by atoms with Gasteiger partial charge in [-0.1, -0.05) is 0 Å². The van der Waals surface area contributed by atoms with E-state index in [-0.39, 0.29) is 5.91 Å². The number of nitrogens with zero attached hydrogens (tertiary/aromatic N) is 3. The number of amides is 1. The zero-order valence-electron chi connectivity index (χ0n) is 16.2. The molecule has 1 aromatic heterocycles. The molecule has 26 heavy (non-hydrogen) atoms. The Balaban J connectivity index is 1.88. The van der Waals surface area contributed by atoms with Crippen LogP contribution >= 0.6 is 0 Å². The van der Waals surface area contributed by atoms with E-state index in [1.165, 1.54) is 0 Å². The summed E-state index contributed by atoms with van der Waals surface area (Å²) in [6, 6.07) is 7.41. The van der Waals surface area contributed by atoms with Gasteiger partial charge in [-0.3, -0.25) is 4.79 Å². The molecule has 1 fully saturated rings. The number of carbonyl (C=O) groups is 2. The number of hydrogen-bond acceptors (Lipinski definition) is 4. The highest BCUT2D eigenvalue weighted by Gasteiger charge is 2.23. The van der Waals surface area contributed by atoms with Gasteiger partial charge < -0.3 is 14.5 Å². The Morgan fingerprint density at radius 2 is 1.69 bits per heavy atom. The van der Waals surface area contributed by atoms with Crippen molar-refractivity contribution in [2.75, 3.05) is 33.2 Å². The largest absolute Gasteiger partial charge is 0.443 e. The maximum Gasteiger partial charge on any atom is 0.419 e. The Morgan fingerprint density at radius 3 is 2.31 bits per heavy atom. The van der Waals surface area contributed by atoms with E-state index in [1.807, 2.05) is 50.8 Å². The van der Waals surface area contributed by atoms with Gasteiger partial charge in [-0.15, -0.1) is 0 Å². The molecule has 6 nitrogen and oxygen atoms in total. The van der Waals surface area contributed by atoms with Crippen molar-refractivity contribution in [1.29, 1.82) is 0 Å². The lowest BCUT2D eigenvalue weighted by Crippen LogP contribution is -2.47. The number of ether oxygens (including phenoxy) is 1. The van der Waals surface area contributed by atoms with Crippen LogP contribution in [0, 0.1) is 6.92 Å². The second-order valence-electron chi connectivity index (χ2n) is 7.97. The first-order valence-electron chi connectivity index (χ1n) is 8.99. The third kappa shape index (κ3) is 3.75. The quantitative estimate of drug-likeness (QED) is 0.787. The minimum Gasteiger partial charge on any atom is -0.443 e. The molecule has 6 heteroatoms. The number of aryl methyl sites for hydroxylation is 1. The third-order valence-corrected chi connectivity index (χ3v) is 4.60. The van der Waals surface area contributed by atoms with Crippen molar-refractivity contribution in [2.24, 2.45) is 0 Å². The first kappa shape index (κ1) is 18.5. The molecule has 0 atom stereocenters. The monoisotopic (exact) mass is 357 g/mol. The number of hydrogen-bond donors (Lipinski definition) is 0. The van der Waals surface area contributed by atoms with Crippen LogP contribution in [0.2, 0.25) is 0 Å². The summed E-state index contributed by atoms with van der Waals surface area (Å²) in [5.41, 5.74) is 1.64. The number of benzene rings is 1. The number of likely N-dealkylation sites (N-methyl/N-ethyl adjacent to an activating group) is 1. The molecule has 2 heterocycles. The van der Waals surface area contributed by atoms with E-state index in [0.29, 0.717) is 5.56 Å². The molecule has 1 aromatic carbocycles. The van der Waals surface area contributed by atoms with E-state index in [9.17, 15) is 9.59 Å². The van der Waals surface area contributed by atoms with Crippen LogP contribution in [0.25, 0.3) is 10.9 Å². The van der Waals surface area contributed by atoms with E-state index < -0.39 is 11.7 Å². The molecule has 0 radical (unpaired) electrons. The molecule has 0 bridgehead atoms. The molecule has 3 rings (SSSR count). The fraction of sp³-hybridized carbons (Fsp3) is 0.500. The van der Waals surface area contributed by atoms with E-state index in [0.717, 1.165) is 42.8 Å². The molecule has 0 aliphatic carbocycles. The van der Waals surface area contributed by atoms with Gasteiger partial charge in [0.25, 0.3) is 5.91 Å². The van der Waals surface area contributed by atoms with Gasteiger partial charge >= 0.3 is 6.09 Å². The predicted octanol–water partition coefficient (Wildman–Crippen LogP) is 3.12. The Labute approximate surface area is 154 Å². The van der Waals surface area contributed by atoms with Crippen molar-refractivity contribution in [3.8, 4) is 0 Å². The number of aromatic nitrogens is 1. The maximum atomic E-state index is 12.8. The lowest BCUT2D eigenvalue weighted by atomic mass is 10.1.